The van der Waals surface area contributed by atoms with E-state index >= 15 is 0 Å². The summed E-state index contributed by atoms with van der Waals surface area (Å²) >= 11 is 1.34. The summed E-state index contributed by atoms with van der Waals surface area (Å²) in [7, 11) is 0. The lowest BCUT2D eigenvalue weighted by Crippen LogP contribution is -2.30. The van der Waals surface area contributed by atoms with E-state index in [1.807, 2.05) is 19.1 Å². The molecule has 0 unspecified atom stereocenters. The molecular formula is C11H13N5OS. The highest BCUT2D eigenvalue weighted by atomic mass is 32.1. The number of nitrogens with zero attached hydrogens (tertiary/aromatic N) is 3. The van der Waals surface area contributed by atoms with Crippen molar-refractivity contribution in [1.29, 1.82) is 0 Å². The molecule has 0 aliphatic rings. The molecule has 0 fully saturated rings. The van der Waals surface area contributed by atoms with Crippen molar-refractivity contribution in [2.75, 3.05) is 11.9 Å². The van der Waals surface area contributed by atoms with E-state index in [1.165, 1.54) is 11.3 Å². The Labute approximate surface area is 108 Å². The average molecular weight is 263 g/mol. The van der Waals surface area contributed by atoms with E-state index in [-0.39, 0.29) is 6.03 Å². The molecule has 2 amide bonds. The fourth-order valence-corrected chi connectivity index (χ4v) is 1.94. The van der Waals surface area contributed by atoms with E-state index in [0.29, 0.717) is 11.7 Å². The standard InChI is InChI=1S/C11H13N5OS/c1-8-15-16-11(18-8)14-10(17)13-6-4-9-3-2-5-12-7-9/h2-3,5,7H,4,6H2,1H3,(H2,13,14,16,17). The summed E-state index contributed by atoms with van der Waals surface area (Å²) in [5, 5.41) is 14.3. The lowest BCUT2D eigenvalue weighted by atomic mass is 10.2. The zero-order valence-corrected chi connectivity index (χ0v) is 10.7. The van der Waals surface area contributed by atoms with Gasteiger partial charge in [0.05, 0.1) is 0 Å². The van der Waals surface area contributed by atoms with Crippen LogP contribution < -0.4 is 10.6 Å². The summed E-state index contributed by atoms with van der Waals surface area (Å²) < 4.78 is 0. The molecule has 0 aliphatic heterocycles. The van der Waals surface area contributed by atoms with Crippen LogP contribution in [-0.2, 0) is 6.42 Å². The Kier molecular flexibility index (Phi) is 4.19. The van der Waals surface area contributed by atoms with Crippen LogP contribution >= 0.6 is 11.3 Å². The first kappa shape index (κ1) is 12.4. The van der Waals surface area contributed by atoms with Gasteiger partial charge in [0.2, 0.25) is 5.13 Å². The third-order valence-electron chi connectivity index (χ3n) is 2.17. The topological polar surface area (TPSA) is 79.8 Å². The van der Waals surface area contributed by atoms with Crippen LogP contribution in [0.3, 0.4) is 0 Å². The third-order valence-corrected chi connectivity index (χ3v) is 2.92. The summed E-state index contributed by atoms with van der Waals surface area (Å²) in [4.78, 5) is 15.5. The largest absolute Gasteiger partial charge is 0.337 e. The van der Waals surface area contributed by atoms with Gasteiger partial charge in [-0.05, 0) is 25.0 Å². The number of amides is 2. The number of anilines is 1. The Bertz CT molecular complexity index is 513. The first-order chi connectivity index (χ1) is 8.74. The van der Waals surface area contributed by atoms with Crippen LogP contribution in [0.15, 0.2) is 24.5 Å². The maximum Gasteiger partial charge on any atom is 0.321 e. The predicted molar refractivity (Wildman–Crippen MR) is 69.6 cm³/mol. The molecule has 0 aliphatic carbocycles. The summed E-state index contributed by atoms with van der Waals surface area (Å²) in [5.41, 5.74) is 1.09. The fourth-order valence-electron chi connectivity index (χ4n) is 1.35. The van der Waals surface area contributed by atoms with Crippen molar-refractivity contribution in [3.05, 3.63) is 35.1 Å². The highest BCUT2D eigenvalue weighted by Gasteiger charge is 2.05. The van der Waals surface area contributed by atoms with Gasteiger partial charge < -0.3 is 5.32 Å². The zero-order valence-electron chi connectivity index (χ0n) is 9.88. The second-order valence-electron chi connectivity index (χ2n) is 3.62. The predicted octanol–water partition coefficient (Wildman–Crippen LogP) is 1.61. The first-order valence-corrected chi connectivity index (χ1v) is 6.29. The Hall–Kier alpha value is -2.02. The van der Waals surface area contributed by atoms with Gasteiger partial charge in [0.25, 0.3) is 0 Å². The Balaban J connectivity index is 1.72. The van der Waals surface area contributed by atoms with Crippen molar-refractivity contribution < 1.29 is 4.79 Å². The Morgan fingerprint density at radius 2 is 2.33 bits per heavy atom. The Morgan fingerprint density at radius 3 is 3.00 bits per heavy atom. The summed E-state index contributed by atoms with van der Waals surface area (Å²) in [6.45, 7) is 2.39. The van der Waals surface area contributed by atoms with Crippen LogP contribution in [0.25, 0.3) is 0 Å². The normalized spacial score (nSPS) is 10.1. The minimum Gasteiger partial charge on any atom is -0.337 e. The number of nitrogens with one attached hydrogen (secondary N) is 2. The van der Waals surface area contributed by atoms with Gasteiger partial charge in [0.1, 0.15) is 5.01 Å². The monoisotopic (exact) mass is 263 g/mol. The summed E-state index contributed by atoms with van der Waals surface area (Å²) in [6.07, 6.45) is 4.26. The van der Waals surface area contributed by atoms with Crippen molar-refractivity contribution in [3.63, 3.8) is 0 Å². The minimum absolute atomic E-state index is 0.268. The van der Waals surface area contributed by atoms with E-state index in [1.54, 1.807) is 12.4 Å². The van der Waals surface area contributed by atoms with E-state index in [4.69, 9.17) is 0 Å². The number of carbonyl (C=O) groups excluding carboxylic acids is 1. The third kappa shape index (κ3) is 3.77. The molecule has 2 N–H and O–H groups in total. The molecule has 18 heavy (non-hydrogen) atoms. The minimum atomic E-state index is -0.268. The van der Waals surface area contributed by atoms with Gasteiger partial charge in [0.15, 0.2) is 0 Å². The number of hydrogen-bond donors (Lipinski definition) is 2. The smallest absolute Gasteiger partial charge is 0.321 e. The highest BCUT2D eigenvalue weighted by molar-refractivity contribution is 7.15. The molecule has 2 heterocycles. The Morgan fingerprint density at radius 1 is 1.44 bits per heavy atom. The van der Waals surface area contributed by atoms with Crippen molar-refractivity contribution in [2.24, 2.45) is 0 Å². The molecule has 94 valence electrons. The van der Waals surface area contributed by atoms with E-state index < -0.39 is 0 Å². The first-order valence-electron chi connectivity index (χ1n) is 5.48. The SMILES string of the molecule is Cc1nnc(NC(=O)NCCc2cccnc2)s1. The van der Waals surface area contributed by atoms with E-state index in [2.05, 4.69) is 25.8 Å². The van der Waals surface area contributed by atoms with Gasteiger partial charge in [0, 0.05) is 18.9 Å². The molecule has 2 aromatic rings. The van der Waals surface area contributed by atoms with Crippen molar-refractivity contribution in [1.82, 2.24) is 20.5 Å². The van der Waals surface area contributed by atoms with Crippen molar-refractivity contribution >= 4 is 22.5 Å². The summed E-state index contributed by atoms with van der Waals surface area (Å²) in [5.74, 6) is 0. The molecule has 0 saturated heterocycles. The van der Waals surface area contributed by atoms with Crippen LogP contribution in [0.2, 0.25) is 0 Å². The number of rotatable bonds is 4. The van der Waals surface area contributed by atoms with E-state index in [9.17, 15) is 4.79 Å². The molecule has 2 rings (SSSR count). The van der Waals surface area contributed by atoms with Crippen LogP contribution in [0, 0.1) is 6.92 Å². The van der Waals surface area contributed by atoms with E-state index in [0.717, 1.165) is 17.0 Å². The lowest BCUT2D eigenvalue weighted by Gasteiger charge is -2.04. The number of aryl methyl sites for hydroxylation is 1. The number of pyridine rings is 1. The number of urea groups is 1. The van der Waals surface area contributed by atoms with Crippen LogP contribution in [-0.4, -0.2) is 27.8 Å². The molecule has 0 spiro atoms. The maximum absolute atomic E-state index is 11.5. The maximum atomic E-state index is 11.5. The molecule has 0 saturated carbocycles. The van der Waals surface area contributed by atoms with Crippen LogP contribution in [0.1, 0.15) is 10.6 Å². The number of carbonyl (C=O) groups is 1. The fraction of sp³-hybridized carbons (Fsp3) is 0.273. The molecule has 0 bridgehead atoms. The number of aromatic nitrogens is 3. The summed E-state index contributed by atoms with van der Waals surface area (Å²) in [6, 6.07) is 3.58. The average Bonchev–Trinajstić information content (AvgIpc) is 2.76. The molecule has 0 atom stereocenters. The zero-order chi connectivity index (χ0) is 12.8. The van der Waals surface area contributed by atoms with Gasteiger partial charge in [-0.15, -0.1) is 10.2 Å². The highest BCUT2D eigenvalue weighted by Crippen LogP contribution is 2.12. The van der Waals surface area contributed by atoms with Gasteiger partial charge in [-0.1, -0.05) is 17.4 Å². The molecule has 2 aromatic heterocycles. The van der Waals surface area contributed by atoms with Gasteiger partial charge in [-0.25, -0.2) is 4.79 Å². The number of hydrogen-bond acceptors (Lipinski definition) is 5. The van der Waals surface area contributed by atoms with Gasteiger partial charge in [-0.2, -0.15) is 0 Å². The van der Waals surface area contributed by atoms with Crippen LogP contribution in [0.5, 0.6) is 0 Å². The molecule has 6 nitrogen and oxygen atoms in total. The van der Waals surface area contributed by atoms with Gasteiger partial charge >= 0.3 is 6.03 Å². The van der Waals surface area contributed by atoms with Crippen molar-refractivity contribution in [3.8, 4) is 0 Å². The molecule has 7 heteroatoms. The van der Waals surface area contributed by atoms with Crippen LogP contribution in [0.4, 0.5) is 9.93 Å². The molecule has 0 radical (unpaired) electrons. The molecular weight excluding hydrogens is 250 g/mol. The lowest BCUT2D eigenvalue weighted by molar-refractivity contribution is 0.252. The quantitative estimate of drug-likeness (QED) is 0.878. The molecule has 0 aromatic carbocycles. The van der Waals surface area contributed by atoms with Gasteiger partial charge in [-0.3, -0.25) is 10.3 Å². The van der Waals surface area contributed by atoms with Crippen molar-refractivity contribution in [2.45, 2.75) is 13.3 Å². The second kappa shape index (κ2) is 6.06. The second-order valence-corrected chi connectivity index (χ2v) is 4.80.